The fourth-order valence-electron chi connectivity index (χ4n) is 5.35. The zero-order valence-corrected chi connectivity index (χ0v) is 13.0. The molecule has 120 valence electrons. The highest BCUT2D eigenvalue weighted by Crippen LogP contribution is 2.55. The Labute approximate surface area is 130 Å². The summed E-state index contributed by atoms with van der Waals surface area (Å²) < 4.78 is 29.8. The highest BCUT2D eigenvalue weighted by molar-refractivity contribution is 5.45. The number of nitrogens with zero attached hydrogens (tertiary/aromatic N) is 1. The van der Waals surface area contributed by atoms with Gasteiger partial charge in [-0.25, -0.2) is 0 Å². The Hall–Kier alpha value is -1.16. The number of fused-ring (bicyclic) bond motifs is 1. The van der Waals surface area contributed by atoms with Crippen LogP contribution in [0.2, 0.25) is 0 Å². The molecule has 4 rings (SSSR count). The SMILES string of the molecule is CN1CC[C@@]23CCCC[C@@H]2C1Cc1ccc(OC(F)F)cc13. The van der Waals surface area contributed by atoms with E-state index in [-0.39, 0.29) is 5.41 Å². The number of hydrogen-bond donors (Lipinski definition) is 0. The van der Waals surface area contributed by atoms with Gasteiger partial charge in [0, 0.05) is 11.5 Å². The summed E-state index contributed by atoms with van der Waals surface area (Å²) in [6.07, 6.45) is 7.23. The van der Waals surface area contributed by atoms with Gasteiger partial charge in [0.15, 0.2) is 0 Å². The second kappa shape index (κ2) is 5.19. The summed E-state index contributed by atoms with van der Waals surface area (Å²) in [6.45, 7) is -1.63. The summed E-state index contributed by atoms with van der Waals surface area (Å²) in [6, 6.07) is 6.26. The first-order valence-electron chi connectivity index (χ1n) is 8.39. The van der Waals surface area contributed by atoms with Crippen molar-refractivity contribution in [1.29, 1.82) is 0 Å². The van der Waals surface area contributed by atoms with Gasteiger partial charge in [0.1, 0.15) is 5.75 Å². The number of halogens is 2. The smallest absolute Gasteiger partial charge is 0.387 e. The molecule has 2 bridgehead atoms. The molecule has 1 saturated heterocycles. The van der Waals surface area contributed by atoms with E-state index in [0.29, 0.717) is 17.7 Å². The van der Waals surface area contributed by atoms with Crippen molar-refractivity contribution in [3.63, 3.8) is 0 Å². The first kappa shape index (κ1) is 14.4. The van der Waals surface area contributed by atoms with Gasteiger partial charge in [-0.1, -0.05) is 18.9 Å². The van der Waals surface area contributed by atoms with Crippen LogP contribution in [0.1, 0.15) is 43.2 Å². The van der Waals surface area contributed by atoms with Crippen molar-refractivity contribution < 1.29 is 13.5 Å². The Kier molecular flexibility index (Phi) is 3.40. The minimum Gasteiger partial charge on any atom is -0.435 e. The van der Waals surface area contributed by atoms with Crippen molar-refractivity contribution in [1.82, 2.24) is 4.90 Å². The van der Waals surface area contributed by atoms with Gasteiger partial charge >= 0.3 is 6.61 Å². The minimum absolute atomic E-state index is 0.199. The average molecular weight is 307 g/mol. The number of benzene rings is 1. The summed E-state index contributed by atoms with van der Waals surface area (Å²) >= 11 is 0. The Morgan fingerprint density at radius 3 is 2.95 bits per heavy atom. The van der Waals surface area contributed by atoms with Gasteiger partial charge in [-0.15, -0.1) is 0 Å². The van der Waals surface area contributed by atoms with Crippen LogP contribution in [0.3, 0.4) is 0 Å². The topological polar surface area (TPSA) is 12.5 Å². The largest absolute Gasteiger partial charge is 0.435 e. The second-order valence-corrected chi connectivity index (χ2v) is 7.21. The van der Waals surface area contributed by atoms with Crippen molar-refractivity contribution in [2.75, 3.05) is 13.6 Å². The van der Waals surface area contributed by atoms with Crippen molar-refractivity contribution in [2.45, 2.75) is 56.6 Å². The zero-order chi connectivity index (χ0) is 15.3. The maximum absolute atomic E-state index is 12.6. The normalized spacial score (nSPS) is 34.2. The maximum Gasteiger partial charge on any atom is 0.387 e. The predicted molar refractivity (Wildman–Crippen MR) is 81.4 cm³/mol. The summed E-state index contributed by atoms with van der Waals surface area (Å²) in [5.41, 5.74) is 2.85. The van der Waals surface area contributed by atoms with E-state index < -0.39 is 6.61 Å². The van der Waals surface area contributed by atoms with E-state index in [1.54, 1.807) is 6.07 Å². The fraction of sp³-hybridized carbons (Fsp3) is 0.667. The molecule has 0 aromatic heterocycles. The molecular weight excluding hydrogens is 284 g/mol. The highest BCUT2D eigenvalue weighted by atomic mass is 19.3. The molecule has 2 aliphatic carbocycles. The maximum atomic E-state index is 12.6. The third kappa shape index (κ3) is 2.07. The van der Waals surface area contributed by atoms with Crippen LogP contribution in [0.15, 0.2) is 18.2 Å². The average Bonchev–Trinajstić information content (AvgIpc) is 2.51. The number of alkyl halides is 2. The molecule has 1 aliphatic heterocycles. The van der Waals surface area contributed by atoms with E-state index in [0.717, 1.165) is 19.4 Å². The minimum atomic E-state index is -2.74. The van der Waals surface area contributed by atoms with Crippen LogP contribution in [0.25, 0.3) is 0 Å². The van der Waals surface area contributed by atoms with Gasteiger partial charge in [-0.2, -0.15) is 8.78 Å². The van der Waals surface area contributed by atoms with E-state index >= 15 is 0 Å². The number of likely N-dealkylation sites (N-methyl/N-ethyl adjacent to an activating group) is 1. The van der Waals surface area contributed by atoms with Gasteiger partial charge in [0.25, 0.3) is 0 Å². The number of likely N-dealkylation sites (tertiary alicyclic amines) is 1. The van der Waals surface area contributed by atoms with Crippen molar-refractivity contribution in [3.05, 3.63) is 29.3 Å². The van der Waals surface area contributed by atoms with Gasteiger partial charge < -0.3 is 9.64 Å². The standard InChI is InChI=1S/C18H23F2NO/c1-21-9-8-18-7-3-2-4-14(18)16(21)10-12-5-6-13(11-15(12)18)22-17(19)20/h5-6,11,14,16-17H,2-4,7-10H2,1H3/t14-,16?,18+/m1/s1. The van der Waals surface area contributed by atoms with E-state index in [2.05, 4.69) is 16.7 Å². The zero-order valence-electron chi connectivity index (χ0n) is 13.0. The molecule has 1 heterocycles. The molecule has 22 heavy (non-hydrogen) atoms. The Balaban J connectivity index is 1.80. The first-order valence-corrected chi connectivity index (χ1v) is 8.39. The highest BCUT2D eigenvalue weighted by Gasteiger charge is 2.53. The molecule has 0 spiro atoms. The van der Waals surface area contributed by atoms with Crippen LogP contribution in [-0.4, -0.2) is 31.1 Å². The third-order valence-electron chi connectivity index (χ3n) is 6.31. The summed E-state index contributed by atoms with van der Waals surface area (Å²) in [5, 5.41) is 0. The van der Waals surface area contributed by atoms with E-state index in [1.807, 2.05) is 12.1 Å². The van der Waals surface area contributed by atoms with Gasteiger partial charge in [-0.05, 0) is 68.5 Å². The quantitative estimate of drug-likeness (QED) is 0.819. The Morgan fingerprint density at radius 1 is 1.27 bits per heavy atom. The Morgan fingerprint density at radius 2 is 2.14 bits per heavy atom. The molecule has 2 nitrogen and oxygen atoms in total. The van der Waals surface area contributed by atoms with Crippen LogP contribution < -0.4 is 4.74 Å². The van der Waals surface area contributed by atoms with Gasteiger partial charge in [0.2, 0.25) is 0 Å². The number of piperidine rings is 1. The number of ether oxygens (including phenoxy) is 1. The fourth-order valence-corrected chi connectivity index (χ4v) is 5.35. The molecule has 1 aromatic carbocycles. The van der Waals surface area contributed by atoms with E-state index in [4.69, 9.17) is 0 Å². The van der Waals surface area contributed by atoms with Crippen LogP contribution in [-0.2, 0) is 11.8 Å². The number of rotatable bonds is 2. The lowest BCUT2D eigenvalue weighted by atomic mass is 9.52. The summed E-state index contributed by atoms with van der Waals surface area (Å²) in [5.74, 6) is 0.999. The van der Waals surface area contributed by atoms with Crippen molar-refractivity contribution >= 4 is 0 Å². The molecule has 0 radical (unpaired) electrons. The van der Waals surface area contributed by atoms with Crippen LogP contribution in [0, 0.1) is 5.92 Å². The second-order valence-electron chi connectivity index (χ2n) is 7.21. The molecular formula is C18H23F2NO. The summed E-state index contributed by atoms with van der Waals surface area (Å²) in [4.78, 5) is 2.51. The molecule has 4 heteroatoms. The first-order chi connectivity index (χ1) is 10.6. The molecule has 3 atom stereocenters. The van der Waals surface area contributed by atoms with Crippen LogP contribution in [0.5, 0.6) is 5.75 Å². The van der Waals surface area contributed by atoms with E-state index in [9.17, 15) is 8.78 Å². The molecule has 2 fully saturated rings. The number of hydrogen-bond acceptors (Lipinski definition) is 2. The molecule has 3 aliphatic rings. The van der Waals surface area contributed by atoms with E-state index in [1.165, 1.54) is 36.8 Å². The third-order valence-corrected chi connectivity index (χ3v) is 6.31. The molecule has 0 N–H and O–H groups in total. The molecule has 0 amide bonds. The Bertz CT molecular complexity index is 576. The monoisotopic (exact) mass is 307 g/mol. The van der Waals surface area contributed by atoms with Gasteiger partial charge in [-0.3, -0.25) is 0 Å². The molecule has 1 aromatic rings. The van der Waals surface area contributed by atoms with Crippen molar-refractivity contribution in [2.24, 2.45) is 5.92 Å². The summed E-state index contributed by atoms with van der Waals surface area (Å²) in [7, 11) is 2.24. The van der Waals surface area contributed by atoms with Crippen molar-refractivity contribution in [3.8, 4) is 5.75 Å². The molecule has 1 unspecified atom stereocenters. The lowest BCUT2D eigenvalue weighted by Crippen LogP contribution is -2.59. The van der Waals surface area contributed by atoms with Crippen LogP contribution >= 0.6 is 0 Å². The lowest BCUT2D eigenvalue weighted by molar-refractivity contribution is -0.0503. The molecule has 1 saturated carbocycles. The van der Waals surface area contributed by atoms with Gasteiger partial charge in [0.05, 0.1) is 0 Å². The lowest BCUT2D eigenvalue weighted by Gasteiger charge is -2.58. The van der Waals surface area contributed by atoms with Crippen LogP contribution in [0.4, 0.5) is 8.78 Å². The predicted octanol–water partition coefficient (Wildman–Crippen LogP) is 3.98.